The minimum atomic E-state index is -0.811. The molecule has 0 fully saturated rings. The normalized spacial score (nSPS) is 11.3. The van der Waals surface area contributed by atoms with Gasteiger partial charge in [0.2, 0.25) is 0 Å². The molecule has 126 valence electrons. The van der Waals surface area contributed by atoms with Crippen LogP contribution < -0.4 is 11.1 Å². The Morgan fingerprint density at radius 1 is 1.08 bits per heavy atom. The first-order chi connectivity index (χ1) is 12.0. The van der Waals surface area contributed by atoms with Gasteiger partial charge in [0.25, 0.3) is 11.1 Å². The van der Waals surface area contributed by atoms with E-state index in [1.807, 2.05) is 0 Å². The van der Waals surface area contributed by atoms with Gasteiger partial charge in [0.1, 0.15) is 17.5 Å². The molecule has 0 unspecified atom stereocenters. The SMILES string of the molecule is Cc1c2c(=O)n(-c3cc(F)cc(F)c3)[nH]c2cc(=O)n1-c1ccn[nH]1. The molecule has 1 aromatic carbocycles. The van der Waals surface area contributed by atoms with Crippen molar-refractivity contribution in [2.24, 2.45) is 0 Å². The Morgan fingerprint density at radius 3 is 2.44 bits per heavy atom. The monoisotopic (exact) mass is 343 g/mol. The second-order valence-electron chi connectivity index (χ2n) is 5.51. The van der Waals surface area contributed by atoms with Gasteiger partial charge in [0.05, 0.1) is 22.8 Å². The molecule has 7 nitrogen and oxygen atoms in total. The lowest BCUT2D eigenvalue weighted by Crippen LogP contribution is -2.22. The van der Waals surface area contributed by atoms with Crippen LogP contribution in [-0.2, 0) is 0 Å². The van der Waals surface area contributed by atoms with Gasteiger partial charge in [-0.25, -0.2) is 13.5 Å². The van der Waals surface area contributed by atoms with Crippen molar-refractivity contribution in [2.75, 3.05) is 0 Å². The molecule has 0 aliphatic carbocycles. The summed E-state index contributed by atoms with van der Waals surface area (Å²) < 4.78 is 29.2. The molecule has 0 amide bonds. The molecule has 0 aliphatic rings. The molecule has 0 bridgehead atoms. The Kier molecular flexibility index (Phi) is 3.17. The van der Waals surface area contributed by atoms with E-state index in [1.54, 1.807) is 13.0 Å². The highest BCUT2D eigenvalue weighted by molar-refractivity contribution is 5.81. The molecular weight excluding hydrogens is 332 g/mol. The zero-order valence-corrected chi connectivity index (χ0v) is 12.9. The first-order valence-corrected chi connectivity index (χ1v) is 7.29. The van der Waals surface area contributed by atoms with Crippen LogP contribution in [0.1, 0.15) is 5.69 Å². The van der Waals surface area contributed by atoms with E-state index in [2.05, 4.69) is 15.3 Å². The van der Waals surface area contributed by atoms with Crippen LogP contribution in [0, 0.1) is 18.6 Å². The molecule has 9 heteroatoms. The van der Waals surface area contributed by atoms with Gasteiger partial charge in [-0.05, 0) is 19.1 Å². The zero-order chi connectivity index (χ0) is 17.7. The lowest BCUT2D eigenvalue weighted by Gasteiger charge is -2.06. The minimum absolute atomic E-state index is 0.00126. The number of aromatic nitrogens is 5. The van der Waals surface area contributed by atoms with E-state index in [1.165, 1.54) is 16.8 Å². The fourth-order valence-electron chi connectivity index (χ4n) is 2.90. The summed E-state index contributed by atoms with van der Waals surface area (Å²) in [5, 5.41) is 9.42. The van der Waals surface area contributed by atoms with E-state index in [0.29, 0.717) is 17.6 Å². The number of H-pyrrole nitrogens is 2. The molecule has 0 aliphatic heterocycles. The number of pyridine rings is 1. The fourth-order valence-corrected chi connectivity index (χ4v) is 2.90. The van der Waals surface area contributed by atoms with E-state index in [0.717, 1.165) is 16.8 Å². The molecule has 0 atom stereocenters. The van der Waals surface area contributed by atoms with Gasteiger partial charge in [-0.1, -0.05) is 0 Å². The van der Waals surface area contributed by atoms with Gasteiger partial charge in [-0.15, -0.1) is 0 Å². The van der Waals surface area contributed by atoms with Crippen LogP contribution in [0.15, 0.2) is 46.1 Å². The predicted molar refractivity (Wildman–Crippen MR) is 86.3 cm³/mol. The maximum atomic E-state index is 13.5. The van der Waals surface area contributed by atoms with Crippen molar-refractivity contribution in [2.45, 2.75) is 6.92 Å². The molecule has 3 heterocycles. The molecule has 0 saturated heterocycles. The third-order valence-corrected chi connectivity index (χ3v) is 3.94. The Morgan fingerprint density at radius 2 is 1.80 bits per heavy atom. The quantitative estimate of drug-likeness (QED) is 0.581. The predicted octanol–water partition coefficient (Wildman–Crippen LogP) is 1.78. The number of benzene rings is 1. The maximum absolute atomic E-state index is 13.5. The summed E-state index contributed by atoms with van der Waals surface area (Å²) in [4.78, 5) is 25.1. The molecule has 0 radical (unpaired) electrons. The van der Waals surface area contributed by atoms with Crippen LogP contribution in [0.4, 0.5) is 8.78 Å². The second kappa shape index (κ2) is 5.26. The number of hydrogen-bond donors (Lipinski definition) is 2. The average Bonchev–Trinajstić information content (AvgIpc) is 3.15. The van der Waals surface area contributed by atoms with Gasteiger partial charge in [0.15, 0.2) is 0 Å². The maximum Gasteiger partial charge on any atom is 0.280 e. The molecule has 2 N–H and O–H groups in total. The van der Waals surface area contributed by atoms with Gasteiger partial charge in [0, 0.05) is 23.9 Å². The number of aryl methyl sites for hydroxylation is 1. The van der Waals surface area contributed by atoms with Crippen molar-refractivity contribution in [3.8, 4) is 11.5 Å². The van der Waals surface area contributed by atoms with Crippen LogP contribution in [0.2, 0.25) is 0 Å². The summed E-state index contributed by atoms with van der Waals surface area (Å²) in [7, 11) is 0. The standard InChI is InChI=1S/C16H11F2N5O2/c1-8-15-12(7-14(24)22(8)13-2-3-19-20-13)21-23(16(15)25)11-5-9(17)4-10(18)6-11/h2-7,21H,1H3,(H,19,20). The van der Waals surface area contributed by atoms with Crippen molar-refractivity contribution in [1.82, 2.24) is 24.5 Å². The number of rotatable bonds is 2. The van der Waals surface area contributed by atoms with E-state index >= 15 is 0 Å². The summed E-state index contributed by atoms with van der Waals surface area (Å²) in [5.74, 6) is -1.21. The Balaban J connectivity index is 2.05. The third kappa shape index (κ3) is 2.28. The molecule has 0 spiro atoms. The molecule has 4 rings (SSSR count). The van der Waals surface area contributed by atoms with Gasteiger partial charge < -0.3 is 0 Å². The fraction of sp³-hybridized carbons (Fsp3) is 0.0625. The van der Waals surface area contributed by atoms with Crippen LogP contribution in [-0.4, -0.2) is 24.5 Å². The highest BCUT2D eigenvalue weighted by Crippen LogP contribution is 2.17. The van der Waals surface area contributed by atoms with E-state index < -0.39 is 17.2 Å². The van der Waals surface area contributed by atoms with Crippen molar-refractivity contribution < 1.29 is 8.78 Å². The van der Waals surface area contributed by atoms with E-state index in [-0.39, 0.29) is 22.1 Å². The number of fused-ring (bicyclic) bond motifs is 1. The van der Waals surface area contributed by atoms with E-state index in [9.17, 15) is 18.4 Å². The number of nitrogens with zero attached hydrogens (tertiary/aromatic N) is 3. The first-order valence-electron chi connectivity index (χ1n) is 7.29. The Hall–Kier alpha value is -3.49. The lowest BCUT2D eigenvalue weighted by molar-refractivity contribution is 0.580. The Bertz CT molecular complexity index is 1200. The highest BCUT2D eigenvalue weighted by atomic mass is 19.1. The van der Waals surface area contributed by atoms with Crippen molar-refractivity contribution in [3.05, 3.63) is 74.6 Å². The zero-order valence-electron chi connectivity index (χ0n) is 12.9. The average molecular weight is 343 g/mol. The van der Waals surface area contributed by atoms with Crippen molar-refractivity contribution >= 4 is 10.9 Å². The van der Waals surface area contributed by atoms with Crippen LogP contribution in [0.5, 0.6) is 0 Å². The molecule has 4 aromatic rings. The Labute approximate surface area is 138 Å². The van der Waals surface area contributed by atoms with Gasteiger partial charge in [-0.2, -0.15) is 5.10 Å². The summed E-state index contributed by atoms with van der Waals surface area (Å²) in [6.07, 6.45) is 1.48. The highest BCUT2D eigenvalue weighted by Gasteiger charge is 2.17. The molecule has 3 aromatic heterocycles. The number of hydrogen-bond acceptors (Lipinski definition) is 3. The molecular formula is C16H11F2N5O2. The number of nitrogens with one attached hydrogen (secondary N) is 2. The van der Waals surface area contributed by atoms with Crippen molar-refractivity contribution in [1.29, 1.82) is 0 Å². The van der Waals surface area contributed by atoms with E-state index in [4.69, 9.17) is 0 Å². The van der Waals surface area contributed by atoms with Crippen molar-refractivity contribution in [3.63, 3.8) is 0 Å². The summed E-state index contributed by atoms with van der Waals surface area (Å²) in [6, 6.07) is 5.60. The smallest absolute Gasteiger partial charge is 0.280 e. The topological polar surface area (TPSA) is 88.5 Å². The van der Waals surface area contributed by atoms with Crippen LogP contribution in [0.3, 0.4) is 0 Å². The molecule has 25 heavy (non-hydrogen) atoms. The lowest BCUT2D eigenvalue weighted by atomic mass is 10.2. The van der Waals surface area contributed by atoms with Crippen LogP contribution in [0.25, 0.3) is 22.4 Å². The van der Waals surface area contributed by atoms with Gasteiger partial charge >= 0.3 is 0 Å². The molecule has 0 saturated carbocycles. The summed E-state index contributed by atoms with van der Waals surface area (Å²) in [5.41, 5.74) is -0.256. The number of aromatic amines is 2. The first kappa shape index (κ1) is 15.1. The third-order valence-electron chi connectivity index (χ3n) is 3.94. The summed E-state index contributed by atoms with van der Waals surface area (Å²) >= 11 is 0. The second-order valence-corrected chi connectivity index (χ2v) is 5.51. The van der Waals surface area contributed by atoms with Crippen LogP contribution >= 0.6 is 0 Å². The van der Waals surface area contributed by atoms with Gasteiger partial charge in [-0.3, -0.25) is 24.4 Å². The largest absolute Gasteiger partial charge is 0.290 e. The number of halogens is 2. The summed E-state index contributed by atoms with van der Waals surface area (Å²) in [6.45, 7) is 1.61. The minimum Gasteiger partial charge on any atom is -0.290 e.